The van der Waals surface area contributed by atoms with Crippen molar-refractivity contribution in [1.29, 1.82) is 0 Å². The Morgan fingerprint density at radius 1 is 1.29 bits per heavy atom. The number of nitrogens with two attached hydrogens (primary N) is 1. The van der Waals surface area contributed by atoms with Gasteiger partial charge in [-0.3, -0.25) is 14.4 Å². The average molecular weight is 294 g/mol. The van der Waals surface area contributed by atoms with Gasteiger partial charge in [0, 0.05) is 46.3 Å². The molecule has 0 atom stereocenters. The molecule has 21 heavy (non-hydrogen) atoms. The van der Waals surface area contributed by atoms with E-state index in [4.69, 9.17) is 5.73 Å². The third-order valence-corrected chi connectivity index (χ3v) is 4.02. The van der Waals surface area contributed by atoms with Gasteiger partial charge in [-0.25, -0.2) is 0 Å². The zero-order valence-electron chi connectivity index (χ0n) is 13.2. The summed E-state index contributed by atoms with van der Waals surface area (Å²) in [4.78, 5) is 16.9. The molecule has 1 aromatic rings. The van der Waals surface area contributed by atoms with E-state index in [1.807, 2.05) is 6.92 Å². The van der Waals surface area contributed by atoms with Crippen molar-refractivity contribution in [2.24, 2.45) is 7.05 Å². The molecule has 2 heterocycles. The molecule has 1 amide bonds. The molecule has 1 fully saturated rings. The molecule has 1 aliphatic heterocycles. The van der Waals surface area contributed by atoms with Crippen molar-refractivity contribution in [2.75, 3.05) is 52.0 Å². The number of anilines is 1. The van der Waals surface area contributed by atoms with E-state index >= 15 is 0 Å². The van der Waals surface area contributed by atoms with Crippen LogP contribution in [0.1, 0.15) is 23.1 Å². The maximum absolute atomic E-state index is 12.2. The van der Waals surface area contributed by atoms with Crippen molar-refractivity contribution in [1.82, 2.24) is 24.9 Å². The van der Waals surface area contributed by atoms with E-state index in [-0.39, 0.29) is 5.91 Å². The van der Waals surface area contributed by atoms with Gasteiger partial charge in [-0.15, -0.1) is 0 Å². The maximum Gasteiger partial charge on any atom is 0.271 e. The lowest BCUT2D eigenvalue weighted by Gasteiger charge is -2.32. The van der Waals surface area contributed by atoms with Gasteiger partial charge in [0.2, 0.25) is 0 Å². The van der Waals surface area contributed by atoms with Crippen molar-refractivity contribution >= 4 is 11.6 Å². The molecule has 1 saturated heterocycles. The van der Waals surface area contributed by atoms with E-state index in [9.17, 15) is 4.79 Å². The minimum Gasteiger partial charge on any atom is -0.395 e. The summed E-state index contributed by atoms with van der Waals surface area (Å²) >= 11 is 0. The second-order valence-electron chi connectivity index (χ2n) is 5.59. The highest BCUT2D eigenvalue weighted by Gasteiger charge is 2.19. The smallest absolute Gasteiger partial charge is 0.271 e. The van der Waals surface area contributed by atoms with Crippen LogP contribution in [0.3, 0.4) is 0 Å². The summed E-state index contributed by atoms with van der Waals surface area (Å²) in [7, 11) is 3.89. The lowest BCUT2D eigenvalue weighted by Crippen LogP contribution is -2.47. The quantitative estimate of drug-likeness (QED) is 0.768. The molecule has 0 bridgehead atoms. The van der Waals surface area contributed by atoms with Crippen LogP contribution in [0.25, 0.3) is 0 Å². The Morgan fingerprint density at radius 3 is 2.52 bits per heavy atom. The normalized spacial score (nSPS) is 17.1. The highest BCUT2D eigenvalue weighted by molar-refractivity contribution is 5.97. The molecule has 0 radical (unpaired) electrons. The topological polar surface area (TPSA) is 79.4 Å². The third-order valence-electron chi connectivity index (χ3n) is 4.02. The Hall–Kier alpha value is -1.60. The molecule has 1 aromatic heterocycles. The van der Waals surface area contributed by atoms with Gasteiger partial charge in [-0.2, -0.15) is 5.10 Å². The van der Waals surface area contributed by atoms with Gasteiger partial charge in [0.05, 0.1) is 11.4 Å². The molecule has 0 spiro atoms. The van der Waals surface area contributed by atoms with Crippen LogP contribution in [0.2, 0.25) is 0 Å². The van der Waals surface area contributed by atoms with E-state index in [1.54, 1.807) is 11.7 Å². The number of carbonyl (C=O) groups is 1. The van der Waals surface area contributed by atoms with E-state index < -0.39 is 0 Å². The Balaban J connectivity index is 1.83. The first-order valence-electron chi connectivity index (χ1n) is 7.53. The Labute approximate surface area is 126 Å². The maximum atomic E-state index is 12.2. The average Bonchev–Trinajstić information content (AvgIpc) is 2.75. The minimum absolute atomic E-state index is 0.142. The lowest BCUT2D eigenvalue weighted by atomic mass is 10.2. The van der Waals surface area contributed by atoms with Crippen LogP contribution in [0.15, 0.2) is 0 Å². The van der Waals surface area contributed by atoms with E-state index in [2.05, 4.69) is 27.3 Å². The van der Waals surface area contributed by atoms with Gasteiger partial charge >= 0.3 is 0 Å². The number of hydrogen-bond acceptors (Lipinski definition) is 5. The number of aryl methyl sites for hydroxylation is 2. The molecule has 2 rings (SSSR count). The summed E-state index contributed by atoms with van der Waals surface area (Å²) in [6.45, 7) is 7.77. The minimum atomic E-state index is -0.142. The van der Waals surface area contributed by atoms with Crippen LogP contribution in [0, 0.1) is 0 Å². The molecule has 1 aliphatic rings. The monoisotopic (exact) mass is 294 g/mol. The molecule has 0 saturated carbocycles. The number of likely N-dealkylation sites (N-methyl/N-ethyl adjacent to an activating group) is 1. The van der Waals surface area contributed by atoms with Crippen molar-refractivity contribution in [3.63, 3.8) is 0 Å². The zero-order chi connectivity index (χ0) is 15.4. The van der Waals surface area contributed by atoms with Gasteiger partial charge in [-0.1, -0.05) is 6.92 Å². The fourth-order valence-electron chi connectivity index (χ4n) is 2.61. The van der Waals surface area contributed by atoms with Gasteiger partial charge in [0.15, 0.2) is 0 Å². The first-order valence-corrected chi connectivity index (χ1v) is 7.53. The van der Waals surface area contributed by atoms with E-state index in [0.29, 0.717) is 17.9 Å². The van der Waals surface area contributed by atoms with Crippen LogP contribution >= 0.6 is 0 Å². The molecule has 118 valence electrons. The third kappa shape index (κ3) is 3.74. The number of aromatic nitrogens is 2. The van der Waals surface area contributed by atoms with Crippen molar-refractivity contribution < 1.29 is 4.79 Å². The summed E-state index contributed by atoms with van der Waals surface area (Å²) in [5.74, 6) is -0.142. The first-order chi connectivity index (χ1) is 10.0. The SMILES string of the molecule is CCc1nn(C)c(C(=O)NCCN2CCN(C)CC2)c1N. The number of rotatable bonds is 5. The molecule has 0 aliphatic carbocycles. The predicted octanol–water partition coefficient (Wildman–Crippen LogP) is -0.458. The van der Waals surface area contributed by atoms with Crippen molar-refractivity contribution in [3.8, 4) is 0 Å². The molecule has 3 N–H and O–H groups in total. The fourth-order valence-corrected chi connectivity index (χ4v) is 2.61. The van der Waals surface area contributed by atoms with E-state index in [0.717, 1.165) is 44.8 Å². The summed E-state index contributed by atoms with van der Waals surface area (Å²) in [6, 6.07) is 0. The molecular formula is C14H26N6O. The standard InChI is InChI=1S/C14H26N6O/c1-4-11-12(15)13(19(3)17-11)14(21)16-5-6-20-9-7-18(2)8-10-20/h4-10,15H2,1-3H3,(H,16,21). The van der Waals surface area contributed by atoms with Crippen LogP contribution in [0.5, 0.6) is 0 Å². The number of nitrogen functional groups attached to an aromatic ring is 1. The largest absolute Gasteiger partial charge is 0.395 e. The fraction of sp³-hybridized carbons (Fsp3) is 0.714. The molecular weight excluding hydrogens is 268 g/mol. The number of hydrogen-bond donors (Lipinski definition) is 2. The van der Waals surface area contributed by atoms with Crippen LogP contribution < -0.4 is 11.1 Å². The number of piperazine rings is 1. The lowest BCUT2D eigenvalue weighted by molar-refractivity contribution is 0.0932. The highest BCUT2D eigenvalue weighted by atomic mass is 16.2. The van der Waals surface area contributed by atoms with Gasteiger partial charge in [0.25, 0.3) is 5.91 Å². The summed E-state index contributed by atoms with van der Waals surface area (Å²) in [6.07, 6.45) is 0.730. The number of nitrogens with zero attached hydrogens (tertiary/aromatic N) is 4. The highest BCUT2D eigenvalue weighted by Crippen LogP contribution is 2.16. The van der Waals surface area contributed by atoms with Crippen molar-refractivity contribution in [3.05, 3.63) is 11.4 Å². The molecule has 7 heteroatoms. The number of nitrogens with one attached hydrogen (secondary N) is 1. The summed E-state index contributed by atoms with van der Waals surface area (Å²) in [5.41, 5.74) is 7.73. The second-order valence-corrected chi connectivity index (χ2v) is 5.59. The Kier molecular flexibility index (Phi) is 5.19. The zero-order valence-corrected chi connectivity index (χ0v) is 13.2. The first kappa shape index (κ1) is 15.8. The predicted molar refractivity (Wildman–Crippen MR) is 83.3 cm³/mol. The van der Waals surface area contributed by atoms with Crippen LogP contribution in [0.4, 0.5) is 5.69 Å². The van der Waals surface area contributed by atoms with E-state index in [1.165, 1.54) is 0 Å². The Morgan fingerprint density at radius 2 is 1.95 bits per heavy atom. The number of carbonyl (C=O) groups excluding carboxylic acids is 1. The molecule has 0 unspecified atom stereocenters. The van der Waals surface area contributed by atoms with Gasteiger partial charge in [0.1, 0.15) is 5.69 Å². The summed E-state index contributed by atoms with van der Waals surface area (Å²) in [5, 5.41) is 7.21. The van der Waals surface area contributed by atoms with Crippen LogP contribution in [-0.2, 0) is 13.5 Å². The molecule has 7 nitrogen and oxygen atoms in total. The van der Waals surface area contributed by atoms with Crippen molar-refractivity contribution in [2.45, 2.75) is 13.3 Å². The Bertz CT molecular complexity index is 490. The number of amides is 1. The molecule has 0 aromatic carbocycles. The van der Waals surface area contributed by atoms with Gasteiger partial charge < -0.3 is 16.0 Å². The summed E-state index contributed by atoms with van der Waals surface area (Å²) < 4.78 is 1.57. The van der Waals surface area contributed by atoms with Gasteiger partial charge in [-0.05, 0) is 13.5 Å². The van der Waals surface area contributed by atoms with Crippen LogP contribution in [-0.4, -0.2) is 71.8 Å². The second kappa shape index (κ2) is 6.91.